The molecule has 0 bridgehead atoms. The van der Waals surface area contributed by atoms with Crippen molar-refractivity contribution in [1.29, 1.82) is 0 Å². The maximum atomic E-state index is 5.90. The fourth-order valence-corrected chi connectivity index (χ4v) is 3.08. The van der Waals surface area contributed by atoms with Crippen LogP contribution in [0.5, 0.6) is 5.75 Å². The molecule has 21 heavy (non-hydrogen) atoms. The Balaban J connectivity index is 1.55. The van der Waals surface area contributed by atoms with E-state index in [0.29, 0.717) is 5.92 Å². The van der Waals surface area contributed by atoms with Crippen molar-refractivity contribution in [1.82, 2.24) is 4.98 Å². The van der Waals surface area contributed by atoms with E-state index in [-0.39, 0.29) is 0 Å². The highest BCUT2D eigenvalue weighted by molar-refractivity contribution is 5.72. The molecule has 3 aromatic rings. The fraction of sp³-hybridized carbons (Fsp3) is 0.278. The summed E-state index contributed by atoms with van der Waals surface area (Å²) < 4.78 is 11.3. The molecular weight excluding hydrogens is 262 g/mol. The van der Waals surface area contributed by atoms with Gasteiger partial charge < -0.3 is 9.15 Å². The van der Waals surface area contributed by atoms with Gasteiger partial charge in [-0.25, -0.2) is 4.98 Å². The second-order valence-corrected chi connectivity index (χ2v) is 5.85. The highest BCUT2D eigenvalue weighted by Crippen LogP contribution is 2.30. The molecule has 1 atom stereocenters. The molecule has 2 heterocycles. The molecule has 0 saturated carbocycles. The van der Waals surface area contributed by atoms with Gasteiger partial charge in [0.15, 0.2) is 12.0 Å². The summed E-state index contributed by atoms with van der Waals surface area (Å²) in [6.45, 7) is 2.91. The Bertz CT molecular complexity index is 791. The van der Waals surface area contributed by atoms with Crippen LogP contribution < -0.4 is 4.74 Å². The molecule has 3 heteroatoms. The minimum atomic E-state index is 0.514. The number of hydrogen-bond donors (Lipinski definition) is 0. The Labute approximate surface area is 123 Å². The first-order chi connectivity index (χ1) is 10.3. The lowest BCUT2D eigenvalue weighted by molar-refractivity contribution is 0.221. The zero-order valence-electron chi connectivity index (χ0n) is 12.0. The first-order valence-corrected chi connectivity index (χ1v) is 7.32. The van der Waals surface area contributed by atoms with Crippen LogP contribution in [-0.4, -0.2) is 11.6 Å². The third-order valence-corrected chi connectivity index (χ3v) is 4.12. The second-order valence-electron chi connectivity index (χ2n) is 5.85. The SMILES string of the molecule is Cc1ccc2c(c1)CC(Cc1ccc3ncoc3c1)CO2. The van der Waals surface area contributed by atoms with Gasteiger partial charge in [0, 0.05) is 5.92 Å². The molecule has 1 aromatic heterocycles. The van der Waals surface area contributed by atoms with E-state index in [0.717, 1.165) is 36.3 Å². The summed E-state index contributed by atoms with van der Waals surface area (Å²) in [6, 6.07) is 12.7. The number of benzene rings is 2. The lowest BCUT2D eigenvalue weighted by Gasteiger charge is -2.25. The van der Waals surface area contributed by atoms with Crippen LogP contribution in [0.2, 0.25) is 0 Å². The van der Waals surface area contributed by atoms with Crippen molar-refractivity contribution in [3.63, 3.8) is 0 Å². The molecule has 0 amide bonds. The van der Waals surface area contributed by atoms with Crippen LogP contribution in [0.3, 0.4) is 0 Å². The van der Waals surface area contributed by atoms with Crippen LogP contribution in [-0.2, 0) is 12.8 Å². The quantitative estimate of drug-likeness (QED) is 0.713. The number of nitrogens with zero attached hydrogens (tertiary/aromatic N) is 1. The molecule has 3 nitrogen and oxygen atoms in total. The van der Waals surface area contributed by atoms with Crippen LogP contribution in [0, 0.1) is 12.8 Å². The molecule has 1 aliphatic rings. The minimum Gasteiger partial charge on any atom is -0.493 e. The molecule has 0 radical (unpaired) electrons. The predicted molar refractivity (Wildman–Crippen MR) is 81.6 cm³/mol. The van der Waals surface area contributed by atoms with Crippen LogP contribution >= 0.6 is 0 Å². The fourth-order valence-electron chi connectivity index (χ4n) is 3.08. The lowest BCUT2D eigenvalue weighted by atomic mass is 9.90. The van der Waals surface area contributed by atoms with Gasteiger partial charge in [0.1, 0.15) is 11.3 Å². The molecule has 0 fully saturated rings. The monoisotopic (exact) mass is 279 g/mol. The molecule has 1 aliphatic heterocycles. The van der Waals surface area contributed by atoms with Gasteiger partial charge in [-0.1, -0.05) is 23.8 Å². The summed E-state index contributed by atoms with van der Waals surface area (Å²) in [6.07, 6.45) is 3.58. The maximum absolute atomic E-state index is 5.90. The summed E-state index contributed by atoms with van der Waals surface area (Å²) >= 11 is 0. The zero-order valence-corrected chi connectivity index (χ0v) is 12.0. The van der Waals surface area contributed by atoms with E-state index in [1.165, 1.54) is 23.1 Å². The van der Waals surface area contributed by atoms with Crippen molar-refractivity contribution >= 4 is 11.1 Å². The predicted octanol–water partition coefficient (Wildman–Crippen LogP) is 3.93. The van der Waals surface area contributed by atoms with E-state index in [4.69, 9.17) is 9.15 Å². The van der Waals surface area contributed by atoms with E-state index in [1.807, 2.05) is 6.07 Å². The van der Waals surface area contributed by atoms with Gasteiger partial charge in [0.05, 0.1) is 6.61 Å². The van der Waals surface area contributed by atoms with Crippen LogP contribution in [0.4, 0.5) is 0 Å². The Morgan fingerprint density at radius 3 is 3.10 bits per heavy atom. The highest BCUT2D eigenvalue weighted by Gasteiger charge is 2.20. The Kier molecular flexibility index (Phi) is 2.92. The number of aryl methyl sites for hydroxylation is 1. The first-order valence-electron chi connectivity index (χ1n) is 7.32. The van der Waals surface area contributed by atoms with Crippen molar-refractivity contribution in [2.24, 2.45) is 5.92 Å². The van der Waals surface area contributed by atoms with Gasteiger partial charge >= 0.3 is 0 Å². The summed E-state index contributed by atoms with van der Waals surface area (Å²) in [5.41, 5.74) is 5.68. The molecule has 2 aromatic carbocycles. The number of aromatic nitrogens is 1. The van der Waals surface area contributed by atoms with Gasteiger partial charge in [-0.15, -0.1) is 0 Å². The normalized spacial score (nSPS) is 17.5. The van der Waals surface area contributed by atoms with Gasteiger partial charge in [0.25, 0.3) is 0 Å². The summed E-state index contributed by atoms with van der Waals surface area (Å²) in [5.74, 6) is 1.56. The average molecular weight is 279 g/mol. The Morgan fingerprint density at radius 2 is 2.14 bits per heavy atom. The third-order valence-electron chi connectivity index (χ3n) is 4.12. The third kappa shape index (κ3) is 2.40. The summed E-state index contributed by atoms with van der Waals surface area (Å²) in [5, 5.41) is 0. The number of hydrogen-bond acceptors (Lipinski definition) is 3. The maximum Gasteiger partial charge on any atom is 0.181 e. The van der Waals surface area contributed by atoms with Crippen LogP contribution in [0.25, 0.3) is 11.1 Å². The molecule has 0 N–H and O–H groups in total. The van der Waals surface area contributed by atoms with E-state index >= 15 is 0 Å². The molecule has 0 saturated heterocycles. The second kappa shape index (κ2) is 4.92. The van der Waals surface area contributed by atoms with Gasteiger partial charge in [-0.05, 0) is 49.1 Å². The summed E-state index contributed by atoms with van der Waals surface area (Å²) in [4.78, 5) is 4.15. The smallest absolute Gasteiger partial charge is 0.181 e. The lowest BCUT2D eigenvalue weighted by Crippen LogP contribution is -2.22. The molecule has 0 aliphatic carbocycles. The number of rotatable bonds is 2. The van der Waals surface area contributed by atoms with E-state index in [2.05, 4.69) is 42.2 Å². The average Bonchev–Trinajstić information content (AvgIpc) is 2.94. The zero-order chi connectivity index (χ0) is 14.2. The molecule has 1 unspecified atom stereocenters. The summed E-state index contributed by atoms with van der Waals surface area (Å²) in [7, 11) is 0. The van der Waals surface area contributed by atoms with E-state index in [9.17, 15) is 0 Å². The number of fused-ring (bicyclic) bond motifs is 2. The van der Waals surface area contributed by atoms with Crippen molar-refractivity contribution in [3.05, 3.63) is 59.5 Å². The number of ether oxygens (including phenoxy) is 1. The van der Waals surface area contributed by atoms with Crippen LogP contribution in [0.15, 0.2) is 47.2 Å². The van der Waals surface area contributed by atoms with Gasteiger partial charge in [0.2, 0.25) is 0 Å². The molecular formula is C18H17NO2. The topological polar surface area (TPSA) is 35.3 Å². The molecule has 0 spiro atoms. The number of oxazole rings is 1. The minimum absolute atomic E-state index is 0.514. The Hall–Kier alpha value is -2.29. The van der Waals surface area contributed by atoms with Gasteiger partial charge in [-0.2, -0.15) is 0 Å². The van der Waals surface area contributed by atoms with Crippen LogP contribution in [0.1, 0.15) is 16.7 Å². The van der Waals surface area contributed by atoms with E-state index < -0.39 is 0 Å². The van der Waals surface area contributed by atoms with Crippen molar-refractivity contribution in [3.8, 4) is 5.75 Å². The van der Waals surface area contributed by atoms with Crippen molar-refractivity contribution < 1.29 is 9.15 Å². The Morgan fingerprint density at radius 1 is 1.19 bits per heavy atom. The van der Waals surface area contributed by atoms with Crippen molar-refractivity contribution in [2.45, 2.75) is 19.8 Å². The standard InChI is InChI=1S/C18H17NO2/c1-12-2-5-17-15(6-12)8-14(10-20-17)7-13-3-4-16-18(9-13)21-11-19-16/h2-6,9,11,14H,7-8,10H2,1H3. The molecule has 4 rings (SSSR count). The van der Waals surface area contributed by atoms with E-state index in [1.54, 1.807) is 0 Å². The molecule has 106 valence electrons. The largest absolute Gasteiger partial charge is 0.493 e. The van der Waals surface area contributed by atoms with Gasteiger partial charge in [-0.3, -0.25) is 0 Å². The van der Waals surface area contributed by atoms with Crippen molar-refractivity contribution in [2.75, 3.05) is 6.61 Å². The highest BCUT2D eigenvalue weighted by atomic mass is 16.5. The first kappa shape index (κ1) is 12.5.